The molecule has 2 saturated heterocycles. The number of para-hydroxylation sites is 2. The maximum absolute atomic E-state index is 14.7. The highest BCUT2D eigenvalue weighted by Gasteiger charge is 2.70. The Hall–Kier alpha value is -4.85. The molecule has 0 spiro atoms. The minimum Gasteiger partial charge on any atom is -0.495 e. The van der Waals surface area contributed by atoms with E-state index in [0.29, 0.717) is 23.3 Å². The van der Waals surface area contributed by atoms with Gasteiger partial charge in [-0.05, 0) is 64.5 Å². The fourth-order valence-electron chi connectivity index (χ4n) is 10.3. The van der Waals surface area contributed by atoms with Crippen LogP contribution in [0.4, 0.5) is 5.69 Å². The smallest absolute Gasteiger partial charge is 0.254 e. The van der Waals surface area contributed by atoms with E-state index in [1.54, 1.807) is 30.5 Å². The molecule has 0 aromatic heterocycles. The largest absolute Gasteiger partial charge is 0.495 e. The van der Waals surface area contributed by atoms with Crippen molar-refractivity contribution >= 4 is 35.5 Å². The average Bonchev–Trinajstić information content (AvgIpc) is 3.81. The molecule has 0 radical (unpaired) electrons. The molecular formula is C37H29N3O5. The zero-order valence-electron chi connectivity index (χ0n) is 24.4. The molecule has 0 N–H and O–H groups in total. The number of carbonyl (C=O) groups is 4. The van der Waals surface area contributed by atoms with Gasteiger partial charge in [0.1, 0.15) is 5.75 Å². The van der Waals surface area contributed by atoms with E-state index in [4.69, 9.17) is 9.84 Å². The lowest BCUT2D eigenvalue weighted by Gasteiger charge is -2.52. The summed E-state index contributed by atoms with van der Waals surface area (Å²) in [6, 6.07) is 22.9. The summed E-state index contributed by atoms with van der Waals surface area (Å²) in [6.07, 6.45) is 7.02. The first kappa shape index (κ1) is 25.5. The lowest BCUT2D eigenvalue weighted by molar-refractivity contribution is -0.140. The molecule has 3 aromatic rings. The van der Waals surface area contributed by atoms with Gasteiger partial charge in [0.25, 0.3) is 11.8 Å². The number of anilines is 1. The van der Waals surface area contributed by atoms with Crippen molar-refractivity contribution in [2.75, 3.05) is 12.0 Å². The highest BCUT2D eigenvalue weighted by atomic mass is 16.5. The fourth-order valence-corrected chi connectivity index (χ4v) is 10.3. The van der Waals surface area contributed by atoms with E-state index in [2.05, 4.69) is 12.2 Å². The predicted octanol–water partition coefficient (Wildman–Crippen LogP) is 4.28. The normalized spacial score (nSPS) is 37.6. The van der Waals surface area contributed by atoms with E-state index in [-0.39, 0.29) is 53.2 Å². The van der Waals surface area contributed by atoms with Crippen LogP contribution in [0, 0.1) is 47.3 Å². The number of rotatable bonds is 4. The van der Waals surface area contributed by atoms with Gasteiger partial charge < -0.3 is 4.74 Å². The Balaban J connectivity index is 1.16. The van der Waals surface area contributed by atoms with Gasteiger partial charge in [0.05, 0.1) is 41.9 Å². The third-order valence-corrected chi connectivity index (χ3v) is 12.0. The molecular weight excluding hydrogens is 566 g/mol. The number of imide groups is 2. The first-order valence-electron chi connectivity index (χ1n) is 15.8. The summed E-state index contributed by atoms with van der Waals surface area (Å²) >= 11 is 0. The summed E-state index contributed by atoms with van der Waals surface area (Å²) in [5.41, 5.74) is 2.90. The van der Waals surface area contributed by atoms with Crippen LogP contribution in [-0.2, 0) is 24.6 Å². The number of amides is 4. The summed E-state index contributed by atoms with van der Waals surface area (Å²) in [7, 11) is 1.52. The standard InChI is InChI=1S/C37H29N3O5/c1-45-27-13-7-6-12-26(27)39-33(41)31-28-20-8-2-4-10-24(20)37(32(31)36(39)44,25-11-5-3-9-21(25)28)17-38-40-34(42)29-18-14-15-19(23-16-22(18)23)30(29)35(40)43/h2-15,17-19,22-23,28-32H,16H2,1H3/b38-17-/t18-,19-,22-,23+,28?,29-,30+,31+,32+,37?/m0/s1. The van der Waals surface area contributed by atoms with E-state index in [9.17, 15) is 19.2 Å². The van der Waals surface area contributed by atoms with Crippen molar-refractivity contribution in [1.29, 1.82) is 0 Å². The quantitative estimate of drug-likeness (QED) is 0.255. The monoisotopic (exact) mass is 595 g/mol. The SMILES string of the molecule is COc1ccccc1N1C(=O)[C@@H]2C3c4ccccc4C(/C=N\N4C(=O)[C@@H]5[C@H]6C=C[C@@H]([C@@H]7C[C@H]67)[C@@H]5C4=O)(c4ccccc43)[C@H]2C1=O. The molecule has 4 bridgehead atoms. The van der Waals surface area contributed by atoms with E-state index in [1.807, 2.05) is 48.5 Å². The van der Waals surface area contributed by atoms with Crippen LogP contribution in [-0.4, -0.2) is 42.0 Å². The number of benzene rings is 3. The van der Waals surface area contributed by atoms with Crippen molar-refractivity contribution in [2.24, 2.45) is 52.4 Å². The second kappa shape index (κ2) is 8.44. The van der Waals surface area contributed by atoms with Gasteiger partial charge in [-0.15, -0.1) is 0 Å². The molecule has 2 aliphatic heterocycles. The number of ether oxygens (including phenoxy) is 1. The van der Waals surface area contributed by atoms with Crippen molar-refractivity contribution in [2.45, 2.75) is 17.8 Å². The molecule has 222 valence electrons. The van der Waals surface area contributed by atoms with E-state index < -0.39 is 17.3 Å². The van der Waals surface area contributed by atoms with Gasteiger partial charge in [-0.1, -0.05) is 72.8 Å². The summed E-state index contributed by atoms with van der Waals surface area (Å²) in [6.45, 7) is 0. The summed E-state index contributed by atoms with van der Waals surface area (Å²) in [5, 5.41) is 5.85. The second-order valence-corrected chi connectivity index (χ2v) is 13.6. The molecule has 7 aliphatic carbocycles. The van der Waals surface area contributed by atoms with Crippen LogP contribution in [0.15, 0.2) is 90.0 Å². The molecule has 8 atom stereocenters. The Morgan fingerprint density at radius 1 is 0.733 bits per heavy atom. The highest BCUT2D eigenvalue weighted by molar-refractivity contribution is 6.25. The molecule has 45 heavy (non-hydrogen) atoms. The lowest BCUT2D eigenvalue weighted by atomic mass is 9.47. The van der Waals surface area contributed by atoms with Crippen LogP contribution in [0.1, 0.15) is 34.6 Å². The lowest BCUT2D eigenvalue weighted by Crippen LogP contribution is -2.55. The van der Waals surface area contributed by atoms with Gasteiger partial charge in [-0.2, -0.15) is 10.1 Å². The topological polar surface area (TPSA) is 96.3 Å². The molecule has 4 amide bonds. The van der Waals surface area contributed by atoms with Gasteiger partial charge in [0.15, 0.2) is 0 Å². The minimum absolute atomic E-state index is 0.0826. The maximum Gasteiger partial charge on any atom is 0.254 e. The van der Waals surface area contributed by atoms with Gasteiger partial charge in [0.2, 0.25) is 11.8 Å². The zero-order valence-corrected chi connectivity index (χ0v) is 24.4. The first-order valence-corrected chi connectivity index (χ1v) is 15.8. The zero-order chi connectivity index (χ0) is 30.4. The van der Waals surface area contributed by atoms with Crippen LogP contribution < -0.4 is 9.64 Å². The molecule has 4 fully saturated rings. The number of hydrazone groups is 1. The Labute approximate surface area is 259 Å². The van der Waals surface area contributed by atoms with Gasteiger partial charge >= 0.3 is 0 Å². The Kier molecular flexibility index (Phi) is 4.78. The molecule has 0 unspecified atom stereocenters. The molecule has 9 aliphatic rings. The summed E-state index contributed by atoms with van der Waals surface area (Å²) in [4.78, 5) is 58.4. The molecule has 3 aromatic carbocycles. The third kappa shape index (κ3) is 2.87. The second-order valence-electron chi connectivity index (χ2n) is 13.6. The van der Waals surface area contributed by atoms with E-state index >= 15 is 0 Å². The average molecular weight is 596 g/mol. The number of nitrogens with zero attached hydrogens (tertiary/aromatic N) is 3. The number of carbonyl (C=O) groups excluding carboxylic acids is 4. The minimum atomic E-state index is -1.18. The third-order valence-electron chi connectivity index (χ3n) is 12.0. The number of methoxy groups -OCH3 is 1. The van der Waals surface area contributed by atoms with Gasteiger partial charge in [-0.25, -0.2) is 4.90 Å². The molecule has 2 heterocycles. The van der Waals surface area contributed by atoms with Crippen molar-refractivity contribution in [3.05, 3.63) is 107 Å². The van der Waals surface area contributed by atoms with Gasteiger partial charge in [-0.3, -0.25) is 19.2 Å². The van der Waals surface area contributed by atoms with Crippen LogP contribution >= 0.6 is 0 Å². The fraction of sp³-hybridized carbons (Fsp3) is 0.324. The molecule has 8 heteroatoms. The number of hydrogen-bond donors (Lipinski definition) is 0. The van der Waals surface area contributed by atoms with E-state index in [0.717, 1.165) is 33.7 Å². The van der Waals surface area contributed by atoms with E-state index in [1.165, 1.54) is 12.0 Å². The van der Waals surface area contributed by atoms with Crippen LogP contribution in [0.25, 0.3) is 0 Å². The molecule has 12 rings (SSSR count). The maximum atomic E-state index is 14.7. The van der Waals surface area contributed by atoms with Crippen molar-refractivity contribution in [3.8, 4) is 5.75 Å². The van der Waals surface area contributed by atoms with Crippen molar-refractivity contribution in [1.82, 2.24) is 5.01 Å². The highest BCUT2D eigenvalue weighted by Crippen LogP contribution is 2.66. The van der Waals surface area contributed by atoms with Crippen LogP contribution in [0.2, 0.25) is 0 Å². The number of hydrogen-bond acceptors (Lipinski definition) is 6. The summed E-state index contributed by atoms with van der Waals surface area (Å²) in [5.74, 6) is -2.19. The first-order chi connectivity index (χ1) is 22.0. The molecule has 2 saturated carbocycles. The Morgan fingerprint density at radius 2 is 1.31 bits per heavy atom. The Morgan fingerprint density at radius 3 is 1.93 bits per heavy atom. The molecule has 8 nitrogen and oxygen atoms in total. The summed E-state index contributed by atoms with van der Waals surface area (Å²) < 4.78 is 5.58. The van der Waals surface area contributed by atoms with Crippen molar-refractivity contribution in [3.63, 3.8) is 0 Å². The van der Waals surface area contributed by atoms with Gasteiger partial charge in [0, 0.05) is 12.1 Å². The predicted molar refractivity (Wildman–Crippen MR) is 163 cm³/mol. The Bertz CT molecular complexity index is 1880. The van der Waals surface area contributed by atoms with Crippen molar-refractivity contribution < 1.29 is 23.9 Å². The number of allylic oxidation sites excluding steroid dienone is 2. The van der Waals surface area contributed by atoms with Crippen LogP contribution in [0.3, 0.4) is 0 Å². The van der Waals surface area contributed by atoms with Crippen LogP contribution in [0.5, 0.6) is 5.75 Å².